The Kier molecular flexibility index (Phi) is 9.39. The minimum Gasteiger partial charge on any atom is -0.478 e. The van der Waals surface area contributed by atoms with Gasteiger partial charge in [-0.2, -0.15) is 0 Å². The molecule has 0 aliphatic carbocycles. The number of hydrogen-bond acceptors (Lipinski definition) is 6. The van der Waals surface area contributed by atoms with E-state index >= 15 is 0 Å². The van der Waals surface area contributed by atoms with Crippen LogP contribution in [0.1, 0.15) is 147 Å². The minimum atomic E-state index is -1.24. The number of aromatic carboxylic acids is 3. The Labute approximate surface area is 270 Å². The maximum atomic E-state index is 13.6. The fraction of sp³-hybridized carbons (Fsp3) is 0.750. The molecule has 6 unspecified atom stereocenters. The Morgan fingerprint density at radius 1 is 0.511 bits per heavy atom. The van der Waals surface area contributed by atoms with Crippen LogP contribution in [0.5, 0.6) is 0 Å². The summed E-state index contributed by atoms with van der Waals surface area (Å²) in [6.07, 6.45) is 1.78. The summed E-state index contributed by atoms with van der Waals surface area (Å²) >= 11 is 0. The lowest BCUT2D eigenvalue weighted by atomic mass is 9.61. The number of likely N-dealkylation sites (tertiary alicyclic amines) is 3. The van der Waals surface area contributed by atoms with Crippen LogP contribution in [0, 0.1) is 17.8 Å². The van der Waals surface area contributed by atoms with Gasteiger partial charge < -0.3 is 30.0 Å². The molecule has 3 aliphatic heterocycles. The van der Waals surface area contributed by atoms with Crippen molar-refractivity contribution < 1.29 is 29.7 Å². The van der Waals surface area contributed by atoms with E-state index in [1.807, 2.05) is 0 Å². The molecule has 0 saturated carbocycles. The second kappa shape index (κ2) is 11.9. The molecule has 9 heteroatoms. The molecule has 3 fully saturated rings. The van der Waals surface area contributed by atoms with E-state index in [1.165, 1.54) is 0 Å². The molecule has 3 N–H and O–H groups in total. The van der Waals surface area contributed by atoms with Crippen LogP contribution in [-0.4, -0.2) is 105 Å². The highest BCUT2D eigenvalue weighted by molar-refractivity contribution is 6.06. The first-order valence-corrected chi connectivity index (χ1v) is 16.7. The summed E-state index contributed by atoms with van der Waals surface area (Å²) in [4.78, 5) is 47.6. The Morgan fingerprint density at radius 3 is 0.889 bits per heavy atom. The largest absolute Gasteiger partial charge is 0.478 e. The van der Waals surface area contributed by atoms with Crippen molar-refractivity contribution in [3.8, 4) is 0 Å². The van der Waals surface area contributed by atoms with Crippen LogP contribution >= 0.6 is 0 Å². The van der Waals surface area contributed by atoms with Crippen molar-refractivity contribution >= 4 is 17.9 Å². The predicted octanol–water partition coefficient (Wildman–Crippen LogP) is 6.28. The van der Waals surface area contributed by atoms with Crippen molar-refractivity contribution in [3.05, 3.63) is 33.4 Å². The van der Waals surface area contributed by atoms with E-state index in [4.69, 9.17) is 0 Å². The Hall–Kier alpha value is -2.49. The van der Waals surface area contributed by atoms with Crippen molar-refractivity contribution in [2.24, 2.45) is 17.8 Å². The van der Waals surface area contributed by atoms with Crippen molar-refractivity contribution in [1.29, 1.82) is 0 Å². The average molecular weight is 628 g/mol. The zero-order valence-electron chi connectivity index (χ0n) is 29.6. The lowest BCUT2D eigenvalue weighted by molar-refractivity contribution is 0.0322. The number of rotatable bonds is 6. The zero-order valence-corrected chi connectivity index (χ0v) is 29.6. The van der Waals surface area contributed by atoms with Gasteiger partial charge in [0, 0.05) is 16.6 Å². The van der Waals surface area contributed by atoms with Crippen molar-refractivity contribution in [1.82, 2.24) is 14.7 Å². The monoisotopic (exact) mass is 627 g/mol. The molecule has 3 aliphatic rings. The van der Waals surface area contributed by atoms with Gasteiger partial charge in [0.25, 0.3) is 0 Å². The smallest absolute Gasteiger partial charge is 0.336 e. The molecule has 0 aromatic heterocycles. The number of nitrogens with zero attached hydrogens (tertiary/aromatic N) is 3. The maximum absolute atomic E-state index is 13.6. The number of piperidine rings is 3. The van der Waals surface area contributed by atoms with Gasteiger partial charge in [-0.3, -0.25) is 0 Å². The standard InChI is InChI=1S/C36H57N3O6/c1-19-22(13-16-37(10)34(19,4)5)25-28(31(40)41)26(23-14-17-38(11)35(6,7)20(23)2)30(33(44)45)27(29(25)32(42)43)24-15-18-39(12)36(8,9)21(24)3/h19-24H,13-18H2,1-12H3,(H,40,41)(H,42,43)(H,44,45). The van der Waals surface area contributed by atoms with Gasteiger partial charge in [-0.1, -0.05) is 20.8 Å². The summed E-state index contributed by atoms with van der Waals surface area (Å²) in [6.45, 7) is 21.1. The van der Waals surface area contributed by atoms with Gasteiger partial charge in [-0.05, 0) is 154 Å². The molecule has 0 radical (unpaired) electrons. The molecule has 0 amide bonds. The third-order valence-corrected chi connectivity index (χ3v) is 13.8. The fourth-order valence-corrected chi connectivity index (χ4v) is 8.93. The van der Waals surface area contributed by atoms with Crippen LogP contribution in [-0.2, 0) is 0 Å². The van der Waals surface area contributed by atoms with Crippen LogP contribution in [0.3, 0.4) is 0 Å². The number of benzene rings is 1. The number of hydrogen-bond donors (Lipinski definition) is 3. The molecule has 1 aromatic rings. The van der Waals surface area contributed by atoms with Gasteiger partial charge >= 0.3 is 17.9 Å². The molecule has 1 aromatic carbocycles. The van der Waals surface area contributed by atoms with E-state index in [1.54, 1.807) is 0 Å². The van der Waals surface area contributed by atoms with Gasteiger partial charge in [0.1, 0.15) is 0 Å². The van der Waals surface area contributed by atoms with Gasteiger partial charge in [0.2, 0.25) is 0 Å². The average Bonchev–Trinajstić information content (AvgIpc) is 2.93. The molecule has 3 heterocycles. The topological polar surface area (TPSA) is 122 Å². The SMILES string of the molecule is CC1C(c2c(C(=O)O)c(C3CCN(C)C(C)(C)C3C)c(C(=O)O)c(C3CCN(C)C(C)(C)C3C)c2C(=O)O)CCN(C)C1(C)C. The third-order valence-electron chi connectivity index (χ3n) is 13.8. The predicted molar refractivity (Wildman–Crippen MR) is 177 cm³/mol. The number of carbonyl (C=O) groups is 3. The first-order valence-electron chi connectivity index (χ1n) is 16.7. The van der Waals surface area contributed by atoms with Crippen molar-refractivity contribution in [3.63, 3.8) is 0 Å². The number of carboxylic acids is 3. The first kappa shape index (κ1) is 35.4. The quantitative estimate of drug-likeness (QED) is 0.334. The normalized spacial score (nSPS) is 32.3. The highest BCUT2D eigenvalue weighted by atomic mass is 16.4. The van der Waals surface area contributed by atoms with Gasteiger partial charge in [0.05, 0.1) is 16.7 Å². The summed E-state index contributed by atoms with van der Waals surface area (Å²) in [5.41, 5.74) is -0.206. The number of carboxylic acid groups (broad SMARTS) is 3. The Bertz CT molecular complexity index is 1180. The molecule has 6 atom stereocenters. The maximum Gasteiger partial charge on any atom is 0.336 e. The van der Waals surface area contributed by atoms with E-state index in [2.05, 4.69) is 98.2 Å². The Morgan fingerprint density at radius 2 is 0.711 bits per heavy atom. The summed E-state index contributed by atoms with van der Waals surface area (Å²) in [7, 11) is 6.16. The lowest BCUT2D eigenvalue weighted by Gasteiger charge is -2.52. The van der Waals surface area contributed by atoms with Crippen LogP contribution in [0.25, 0.3) is 0 Å². The van der Waals surface area contributed by atoms with Crippen molar-refractivity contribution in [2.75, 3.05) is 40.8 Å². The molecule has 4 rings (SSSR count). The fourth-order valence-electron chi connectivity index (χ4n) is 8.93. The molecule has 45 heavy (non-hydrogen) atoms. The molecule has 9 nitrogen and oxygen atoms in total. The lowest BCUT2D eigenvalue weighted by Crippen LogP contribution is -2.54. The molecule has 3 saturated heterocycles. The van der Waals surface area contributed by atoms with Crippen LogP contribution < -0.4 is 0 Å². The molecule has 252 valence electrons. The van der Waals surface area contributed by atoms with E-state index in [-0.39, 0.29) is 68.8 Å². The van der Waals surface area contributed by atoms with E-state index in [0.29, 0.717) is 55.6 Å². The molecular weight excluding hydrogens is 570 g/mol. The molecule has 0 spiro atoms. The summed E-state index contributed by atoms with van der Waals surface area (Å²) < 4.78 is 0. The van der Waals surface area contributed by atoms with Gasteiger partial charge in [0.15, 0.2) is 0 Å². The third kappa shape index (κ3) is 5.50. The van der Waals surface area contributed by atoms with Gasteiger partial charge in [-0.25, -0.2) is 14.4 Å². The summed E-state index contributed by atoms with van der Waals surface area (Å²) in [5, 5.41) is 33.3. The van der Waals surface area contributed by atoms with Crippen molar-refractivity contribution in [2.45, 2.75) is 116 Å². The van der Waals surface area contributed by atoms with Crippen LogP contribution in [0.4, 0.5) is 0 Å². The summed E-state index contributed by atoms with van der Waals surface area (Å²) in [5.74, 6) is -5.04. The van der Waals surface area contributed by atoms with E-state index in [9.17, 15) is 29.7 Å². The van der Waals surface area contributed by atoms with E-state index < -0.39 is 17.9 Å². The first-order chi connectivity index (χ1) is 20.6. The highest BCUT2D eigenvalue weighted by Crippen LogP contribution is 2.54. The van der Waals surface area contributed by atoms with Crippen LogP contribution in [0.2, 0.25) is 0 Å². The molecule has 0 bridgehead atoms. The van der Waals surface area contributed by atoms with E-state index in [0.717, 1.165) is 0 Å². The highest BCUT2D eigenvalue weighted by Gasteiger charge is 2.51. The van der Waals surface area contributed by atoms with Gasteiger partial charge in [-0.15, -0.1) is 0 Å². The zero-order chi connectivity index (χ0) is 34.1. The molecular formula is C36H57N3O6. The second-order valence-corrected chi connectivity index (χ2v) is 16.1. The summed E-state index contributed by atoms with van der Waals surface area (Å²) in [6, 6.07) is 0. The van der Waals surface area contributed by atoms with Crippen LogP contribution in [0.15, 0.2) is 0 Å². The second-order valence-electron chi connectivity index (χ2n) is 16.1. The minimum absolute atomic E-state index is 0.0807. The Balaban J connectivity index is 2.23.